The number of rotatable bonds is 7. The van der Waals surface area contributed by atoms with E-state index in [1.807, 2.05) is 38.4 Å². The topological polar surface area (TPSA) is 54.5 Å². The summed E-state index contributed by atoms with van der Waals surface area (Å²) in [4.78, 5) is 18.3. The van der Waals surface area contributed by atoms with Crippen molar-refractivity contribution in [2.75, 3.05) is 20.6 Å². The Bertz CT molecular complexity index is 629. The fourth-order valence-corrected chi connectivity index (χ4v) is 1.90. The van der Waals surface area contributed by atoms with Crippen molar-refractivity contribution in [3.63, 3.8) is 0 Å². The summed E-state index contributed by atoms with van der Waals surface area (Å²) in [5.74, 6) is 0.577. The third-order valence-electron chi connectivity index (χ3n) is 3.66. The van der Waals surface area contributed by atoms with Crippen molar-refractivity contribution in [3.8, 4) is 5.75 Å². The Kier molecular flexibility index (Phi) is 6.11. The molecular weight excluding hydrogens is 290 g/mol. The van der Waals surface area contributed by atoms with Gasteiger partial charge in [0, 0.05) is 36.1 Å². The lowest BCUT2D eigenvalue weighted by Gasteiger charge is -2.20. The van der Waals surface area contributed by atoms with E-state index in [4.69, 9.17) is 4.74 Å². The Morgan fingerprint density at radius 2 is 2.13 bits per heavy atom. The molecule has 0 aliphatic carbocycles. The van der Waals surface area contributed by atoms with Gasteiger partial charge >= 0.3 is 0 Å². The van der Waals surface area contributed by atoms with Gasteiger partial charge in [0.1, 0.15) is 12.4 Å². The van der Waals surface area contributed by atoms with Crippen LogP contribution in [0, 0.1) is 0 Å². The van der Waals surface area contributed by atoms with Gasteiger partial charge in [0.15, 0.2) is 0 Å². The molecule has 2 aromatic rings. The molecule has 2 rings (SSSR count). The molecule has 0 aliphatic heterocycles. The van der Waals surface area contributed by atoms with Crippen LogP contribution in [0.4, 0.5) is 0 Å². The van der Waals surface area contributed by atoms with Crippen LogP contribution in [-0.2, 0) is 6.61 Å². The maximum absolute atomic E-state index is 12.2. The fourth-order valence-electron chi connectivity index (χ4n) is 1.90. The average molecular weight is 313 g/mol. The molecule has 0 unspecified atom stereocenters. The first-order chi connectivity index (χ1) is 11.1. The molecule has 1 amide bonds. The molecule has 1 aromatic carbocycles. The van der Waals surface area contributed by atoms with E-state index < -0.39 is 0 Å². The van der Waals surface area contributed by atoms with Crippen LogP contribution in [0.15, 0.2) is 48.8 Å². The molecule has 0 radical (unpaired) electrons. The molecule has 0 aliphatic rings. The average Bonchev–Trinajstić information content (AvgIpc) is 2.58. The van der Waals surface area contributed by atoms with Crippen molar-refractivity contribution < 1.29 is 9.53 Å². The number of carbonyl (C=O) groups excluding carboxylic acids is 1. The van der Waals surface area contributed by atoms with E-state index in [0.29, 0.717) is 24.5 Å². The largest absolute Gasteiger partial charge is 0.489 e. The van der Waals surface area contributed by atoms with Crippen molar-refractivity contribution in [3.05, 3.63) is 59.9 Å². The Labute approximate surface area is 137 Å². The molecule has 0 fully saturated rings. The summed E-state index contributed by atoms with van der Waals surface area (Å²) in [5.41, 5.74) is 1.59. The van der Waals surface area contributed by atoms with Crippen molar-refractivity contribution in [1.82, 2.24) is 15.2 Å². The third kappa shape index (κ3) is 5.38. The normalized spacial score (nSPS) is 12.0. The number of aromatic nitrogens is 1. The summed E-state index contributed by atoms with van der Waals surface area (Å²) in [5, 5.41) is 2.93. The van der Waals surface area contributed by atoms with Crippen LogP contribution in [0.1, 0.15) is 22.8 Å². The lowest BCUT2D eigenvalue weighted by atomic mass is 10.2. The van der Waals surface area contributed by atoms with E-state index >= 15 is 0 Å². The highest BCUT2D eigenvalue weighted by molar-refractivity contribution is 5.94. The Balaban J connectivity index is 1.92. The number of ether oxygens (including phenoxy) is 1. The second-order valence-corrected chi connectivity index (χ2v) is 5.70. The van der Waals surface area contributed by atoms with Crippen LogP contribution in [0.2, 0.25) is 0 Å². The SMILES string of the molecule is C[C@H](CNC(=O)c1cccc(OCc2cccnc2)c1)N(C)C. The van der Waals surface area contributed by atoms with E-state index in [1.165, 1.54) is 0 Å². The van der Waals surface area contributed by atoms with E-state index in [2.05, 4.69) is 22.1 Å². The quantitative estimate of drug-likeness (QED) is 0.852. The molecule has 0 saturated carbocycles. The van der Waals surface area contributed by atoms with Crippen LogP contribution in [0.5, 0.6) is 5.75 Å². The van der Waals surface area contributed by atoms with Crippen molar-refractivity contribution in [2.45, 2.75) is 19.6 Å². The van der Waals surface area contributed by atoms with Gasteiger partial charge in [0.25, 0.3) is 5.91 Å². The highest BCUT2D eigenvalue weighted by Gasteiger charge is 2.10. The predicted octanol–water partition coefficient (Wildman–Crippen LogP) is 2.34. The number of hydrogen-bond donors (Lipinski definition) is 1. The maximum Gasteiger partial charge on any atom is 0.251 e. The smallest absolute Gasteiger partial charge is 0.251 e. The first kappa shape index (κ1) is 17.0. The molecule has 0 spiro atoms. The standard InChI is InChI=1S/C18H23N3O2/c1-14(21(2)3)11-20-18(22)16-7-4-8-17(10-16)23-13-15-6-5-9-19-12-15/h4-10,12,14H,11,13H2,1-3H3,(H,20,22)/t14-/m1/s1. The summed E-state index contributed by atoms with van der Waals surface area (Å²) < 4.78 is 5.72. The zero-order chi connectivity index (χ0) is 16.7. The summed E-state index contributed by atoms with van der Waals surface area (Å²) in [7, 11) is 3.98. The summed E-state index contributed by atoms with van der Waals surface area (Å²) in [6, 6.07) is 11.3. The van der Waals surface area contributed by atoms with Gasteiger partial charge in [-0.3, -0.25) is 9.78 Å². The number of amides is 1. The van der Waals surface area contributed by atoms with E-state index in [0.717, 1.165) is 5.56 Å². The van der Waals surface area contributed by atoms with E-state index in [1.54, 1.807) is 24.5 Å². The number of benzene rings is 1. The Hall–Kier alpha value is -2.40. The highest BCUT2D eigenvalue weighted by atomic mass is 16.5. The van der Waals surface area contributed by atoms with Crippen molar-refractivity contribution in [2.24, 2.45) is 0 Å². The van der Waals surface area contributed by atoms with Gasteiger partial charge in [-0.1, -0.05) is 12.1 Å². The molecule has 5 heteroatoms. The lowest BCUT2D eigenvalue weighted by molar-refractivity contribution is 0.0943. The molecule has 0 saturated heterocycles. The van der Waals surface area contributed by atoms with Gasteiger partial charge in [-0.25, -0.2) is 0 Å². The number of nitrogens with zero attached hydrogens (tertiary/aromatic N) is 2. The van der Waals surface area contributed by atoms with E-state index in [9.17, 15) is 4.79 Å². The van der Waals surface area contributed by atoms with Gasteiger partial charge in [-0.2, -0.15) is 0 Å². The van der Waals surface area contributed by atoms with Crippen LogP contribution in [0.3, 0.4) is 0 Å². The molecule has 122 valence electrons. The van der Waals surface area contributed by atoms with Gasteiger partial charge < -0.3 is 15.0 Å². The first-order valence-corrected chi connectivity index (χ1v) is 7.62. The Morgan fingerprint density at radius 1 is 1.30 bits per heavy atom. The molecular formula is C18H23N3O2. The summed E-state index contributed by atoms with van der Waals surface area (Å²) in [6.45, 7) is 3.09. The maximum atomic E-state index is 12.2. The van der Waals surface area contributed by atoms with Crippen LogP contribution in [-0.4, -0.2) is 42.5 Å². The minimum absolute atomic E-state index is 0.0921. The lowest BCUT2D eigenvalue weighted by Crippen LogP contribution is -2.38. The molecule has 1 aromatic heterocycles. The zero-order valence-corrected chi connectivity index (χ0v) is 13.8. The number of nitrogens with one attached hydrogen (secondary N) is 1. The number of likely N-dealkylation sites (N-methyl/N-ethyl adjacent to an activating group) is 1. The Morgan fingerprint density at radius 3 is 2.83 bits per heavy atom. The second-order valence-electron chi connectivity index (χ2n) is 5.70. The molecule has 5 nitrogen and oxygen atoms in total. The van der Waals surface area contributed by atoms with Crippen molar-refractivity contribution >= 4 is 5.91 Å². The highest BCUT2D eigenvalue weighted by Crippen LogP contribution is 2.15. The van der Waals surface area contributed by atoms with Gasteiger partial charge in [0.2, 0.25) is 0 Å². The molecule has 1 N–H and O–H groups in total. The van der Waals surface area contributed by atoms with E-state index in [-0.39, 0.29) is 11.9 Å². The second kappa shape index (κ2) is 8.29. The summed E-state index contributed by atoms with van der Waals surface area (Å²) in [6.07, 6.45) is 3.49. The van der Waals surface area contributed by atoms with Gasteiger partial charge in [0.05, 0.1) is 0 Å². The van der Waals surface area contributed by atoms with Crippen LogP contribution in [0.25, 0.3) is 0 Å². The molecule has 0 bridgehead atoms. The van der Waals surface area contributed by atoms with Crippen LogP contribution >= 0.6 is 0 Å². The van der Waals surface area contributed by atoms with Gasteiger partial charge in [-0.15, -0.1) is 0 Å². The zero-order valence-electron chi connectivity index (χ0n) is 13.8. The summed E-state index contributed by atoms with van der Waals surface area (Å²) >= 11 is 0. The van der Waals surface area contributed by atoms with Gasteiger partial charge in [-0.05, 0) is 45.3 Å². The number of pyridine rings is 1. The minimum Gasteiger partial charge on any atom is -0.489 e. The minimum atomic E-state index is -0.0921. The molecule has 1 heterocycles. The van der Waals surface area contributed by atoms with Crippen molar-refractivity contribution in [1.29, 1.82) is 0 Å². The monoisotopic (exact) mass is 313 g/mol. The number of carbonyl (C=O) groups is 1. The van der Waals surface area contributed by atoms with Crippen LogP contribution < -0.4 is 10.1 Å². The first-order valence-electron chi connectivity index (χ1n) is 7.62. The molecule has 23 heavy (non-hydrogen) atoms. The molecule has 1 atom stereocenters. The number of hydrogen-bond acceptors (Lipinski definition) is 4. The predicted molar refractivity (Wildman–Crippen MR) is 90.5 cm³/mol. The fraction of sp³-hybridized carbons (Fsp3) is 0.333. The third-order valence-corrected chi connectivity index (χ3v) is 3.66.